The molecule has 0 spiro atoms. The third-order valence-electron chi connectivity index (χ3n) is 0.948. The van der Waals surface area contributed by atoms with Crippen LogP contribution in [0.25, 0.3) is 0 Å². The highest BCUT2D eigenvalue weighted by Gasteiger charge is 1.85. The Bertz CT molecular complexity index is 258. The van der Waals surface area contributed by atoms with E-state index < -0.39 is 0 Å². The minimum atomic E-state index is 0.0880. The summed E-state index contributed by atoms with van der Waals surface area (Å²) in [5, 5.41) is 17.3. The first-order valence-electron chi connectivity index (χ1n) is 3.34. The van der Waals surface area contributed by atoms with Crippen LogP contribution in [0.1, 0.15) is 6.92 Å². The first-order chi connectivity index (χ1) is 5.70. The highest BCUT2D eigenvalue weighted by atomic mass is 16.3. The van der Waals surface area contributed by atoms with Gasteiger partial charge in [0.15, 0.2) is 0 Å². The van der Waals surface area contributed by atoms with Crippen molar-refractivity contribution in [1.82, 2.24) is 0 Å². The molecule has 0 saturated heterocycles. The molecule has 0 fully saturated rings. The average molecular weight is 166 g/mol. The summed E-state index contributed by atoms with van der Waals surface area (Å²) in [5.41, 5.74) is 0. The third kappa shape index (κ3) is 5.09. The minimum absolute atomic E-state index is 0.0880. The molecule has 0 amide bonds. The highest BCUT2D eigenvalue weighted by Crippen LogP contribution is 2.14. The van der Waals surface area contributed by atoms with Crippen LogP contribution in [0.3, 0.4) is 0 Å². The molecule has 12 heavy (non-hydrogen) atoms. The Kier molecular flexibility index (Phi) is 5.14. The molecule has 1 aromatic rings. The molecule has 0 bridgehead atoms. The van der Waals surface area contributed by atoms with Crippen LogP contribution < -0.4 is 0 Å². The summed E-state index contributed by atoms with van der Waals surface area (Å²) < 4.78 is 0. The fourth-order valence-corrected chi connectivity index (χ4v) is 0.493. The monoisotopic (exact) mass is 166 g/mol. The lowest BCUT2D eigenvalue weighted by Crippen LogP contribution is -1.61. The second kappa shape index (κ2) is 6.01. The molecule has 64 valence electrons. The van der Waals surface area contributed by atoms with Gasteiger partial charge in [0.05, 0.1) is 0 Å². The van der Waals surface area contributed by atoms with Crippen molar-refractivity contribution in [2.75, 3.05) is 0 Å². The van der Waals surface area contributed by atoms with Gasteiger partial charge in [0.1, 0.15) is 17.4 Å². The average Bonchev–Trinajstić information content (AvgIpc) is 2.04. The molecule has 0 saturated carbocycles. The Morgan fingerprint density at radius 3 is 1.92 bits per heavy atom. The smallest absolute Gasteiger partial charge is 0.119 e. The van der Waals surface area contributed by atoms with Crippen LogP contribution in [-0.4, -0.2) is 16.2 Å². The van der Waals surface area contributed by atoms with Crippen LogP contribution in [0, 0.1) is 0 Å². The van der Waals surface area contributed by atoms with Gasteiger partial charge in [-0.15, -0.1) is 0 Å². The Morgan fingerprint density at radius 1 is 1.33 bits per heavy atom. The van der Waals surface area contributed by atoms with E-state index in [0.29, 0.717) is 0 Å². The van der Waals surface area contributed by atoms with Gasteiger partial charge in [-0.3, -0.25) is 0 Å². The second-order valence-electron chi connectivity index (χ2n) is 1.93. The summed E-state index contributed by atoms with van der Waals surface area (Å²) in [6.45, 7) is 1.63. The van der Waals surface area contributed by atoms with E-state index in [1.165, 1.54) is 24.3 Å². The molecular weight excluding hydrogens is 156 g/mol. The Balaban J connectivity index is 0.000000261. The Labute approximate surface area is 70.6 Å². The van der Waals surface area contributed by atoms with E-state index in [1.807, 2.05) is 0 Å². The van der Waals surface area contributed by atoms with Crippen molar-refractivity contribution < 1.29 is 15.0 Å². The summed E-state index contributed by atoms with van der Waals surface area (Å²) in [7, 11) is 0. The number of rotatable bonds is 0. The molecule has 3 heteroatoms. The van der Waals surface area contributed by atoms with Crippen LogP contribution in [0.2, 0.25) is 0 Å². The van der Waals surface area contributed by atoms with Gasteiger partial charge in [-0.2, -0.15) is 0 Å². The van der Waals surface area contributed by atoms with Gasteiger partial charge in [0, 0.05) is 6.07 Å². The molecule has 0 atom stereocenters. The molecule has 0 aromatic heterocycles. The maximum Gasteiger partial charge on any atom is 0.119 e. The lowest BCUT2D eigenvalue weighted by Gasteiger charge is -1.89. The molecular formula is C9H10O3. The number of phenols is 2. The van der Waals surface area contributed by atoms with Crippen LogP contribution in [0.4, 0.5) is 0 Å². The minimum Gasteiger partial charge on any atom is -0.508 e. The van der Waals surface area contributed by atoms with Crippen molar-refractivity contribution in [1.29, 1.82) is 0 Å². The quantitative estimate of drug-likeness (QED) is 0.574. The molecule has 1 rings (SSSR count). The van der Waals surface area contributed by atoms with Crippen molar-refractivity contribution in [2.24, 2.45) is 0 Å². The largest absolute Gasteiger partial charge is 0.508 e. The number of hydrogen-bond acceptors (Lipinski definition) is 3. The fourth-order valence-electron chi connectivity index (χ4n) is 0.493. The van der Waals surface area contributed by atoms with Gasteiger partial charge < -0.3 is 10.2 Å². The fraction of sp³-hybridized carbons (Fsp3) is 0.111. The van der Waals surface area contributed by atoms with E-state index >= 15 is 0 Å². The van der Waals surface area contributed by atoms with Crippen molar-refractivity contribution in [3.05, 3.63) is 30.3 Å². The molecule has 0 aliphatic rings. The van der Waals surface area contributed by atoms with Gasteiger partial charge in [-0.05, 0) is 25.1 Å². The molecule has 2 N–H and O–H groups in total. The predicted octanol–water partition coefficient (Wildman–Crippen LogP) is 1.49. The van der Waals surface area contributed by atoms with Crippen molar-refractivity contribution in [3.63, 3.8) is 0 Å². The molecule has 1 aromatic carbocycles. The van der Waals surface area contributed by atoms with Crippen LogP contribution >= 0.6 is 0 Å². The van der Waals surface area contributed by atoms with Crippen LogP contribution in [0.5, 0.6) is 11.5 Å². The number of carbonyl (C=O) groups excluding carboxylic acids is 1. The number of phenolic OH excluding ortho intramolecular Hbond substituents is 2. The summed E-state index contributed by atoms with van der Waals surface area (Å²) in [6.07, 6.45) is 1.32. The highest BCUT2D eigenvalue weighted by molar-refractivity contribution is 5.43. The van der Waals surface area contributed by atoms with Crippen molar-refractivity contribution in [3.8, 4) is 11.5 Å². The Morgan fingerprint density at radius 2 is 1.75 bits per heavy atom. The maximum absolute atomic E-state index is 8.99. The van der Waals surface area contributed by atoms with Crippen LogP contribution in [0.15, 0.2) is 30.3 Å². The van der Waals surface area contributed by atoms with E-state index in [9.17, 15) is 0 Å². The summed E-state index contributed by atoms with van der Waals surface area (Å²) in [6, 6.07) is 5.85. The normalized spacial score (nSPS) is 7.42. The number of benzene rings is 1. The van der Waals surface area contributed by atoms with Crippen molar-refractivity contribution >= 4 is 5.94 Å². The Hall–Kier alpha value is -1.73. The number of allylic oxidation sites excluding steroid dienone is 1. The lowest BCUT2D eigenvalue weighted by molar-refractivity contribution is 0.450. The van der Waals surface area contributed by atoms with Gasteiger partial charge in [-0.1, -0.05) is 6.07 Å². The van der Waals surface area contributed by atoms with Gasteiger partial charge in [-0.25, -0.2) is 4.79 Å². The molecule has 3 nitrogen and oxygen atoms in total. The zero-order chi connectivity index (χ0) is 9.40. The van der Waals surface area contributed by atoms with Crippen LogP contribution in [-0.2, 0) is 4.79 Å². The van der Waals surface area contributed by atoms with Crippen molar-refractivity contribution in [2.45, 2.75) is 6.92 Å². The zero-order valence-electron chi connectivity index (χ0n) is 6.69. The lowest BCUT2D eigenvalue weighted by atomic mass is 10.3. The molecule has 0 radical (unpaired) electrons. The summed E-state index contributed by atoms with van der Waals surface area (Å²) in [5.74, 6) is 1.73. The second-order valence-corrected chi connectivity index (χ2v) is 1.93. The SMILES string of the molecule is CC=C=O.Oc1cccc(O)c1. The van der Waals surface area contributed by atoms with E-state index in [4.69, 9.17) is 15.0 Å². The van der Waals surface area contributed by atoms with E-state index in [-0.39, 0.29) is 11.5 Å². The standard InChI is InChI=1S/C6H6O2.C3H4O/c7-5-2-1-3-6(8)4-5;1-2-3-4/h1-4,7-8H;2H,1H3. The molecule has 0 heterocycles. The van der Waals surface area contributed by atoms with Gasteiger partial charge in [0.25, 0.3) is 0 Å². The first-order valence-corrected chi connectivity index (χ1v) is 3.34. The van der Waals surface area contributed by atoms with Gasteiger partial charge in [0.2, 0.25) is 0 Å². The molecule has 0 aliphatic carbocycles. The number of hydrogen-bond donors (Lipinski definition) is 2. The zero-order valence-corrected chi connectivity index (χ0v) is 6.69. The first kappa shape index (κ1) is 10.3. The summed E-state index contributed by atoms with van der Waals surface area (Å²) >= 11 is 0. The topological polar surface area (TPSA) is 57.5 Å². The van der Waals surface area contributed by atoms with E-state index in [2.05, 4.69) is 0 Å². The molecule has 0 aliphatic heterocycles. The van der Waals surface area contributed by atoms with E-state index in [0.717, 1.165) is 0 Å². The predicted molar refractivity (Wildman–Crippen MR) is 45.7 cm³/mol. The summed E-state index contributed by atoms with van der Waals surface area (Å²) in [4.78, 5) is 8.99. The van der Waals surface area contributed by atoms with E-state index in [1.54, 1.807) is 18.9 Å². The molecule has 0 unspecified atom stereocenters. The number of aromatic hydroxyl groups is 2. The third-order valence-corrected chi connectivity index (χ3v) is 0.948. The van der Waals surface area contributed by atoms with Gasteiger partial charge >= 0.3 is 0 Å². The maximum atomic E-state index is 8.99.